The molecule has 0 spiro atoms. The maximum Gasteiger partial charge on any atom is 0.229 e. The molecule has 1 aliphatic rings. The molecular formula is C18H21N5S. The van der Waals surface area contributed by atoms with Crippen LogP contribution in [0.5, 0.6) is 0 Å². The van der Waals surface area contributed by atoms with Crippen LogP contribution in [0.3, 0.4) is 0 Å². The first-order chi connectivity index (χ1) is 11.7. The molecule has 2 aromatic heterocycles. The second-order valence-electron chi connectivity index (χ2n) is 6.11. The van der Waals surface area contributed by atoms with Crippen LogP contribution in [-0.2, 0) is 0 Å². The number of hydrogen-bond donors (Lipinski definition) is 2. The molecule has 3 heterocycles. The minimum atomic E-state index is 0.811. The molecule has 0 unspecified atom stereocenters. The molecule has 5 nitrogen and oxygen atoms in total. The lowest BCUT2D eigenvalue weighted by atomic mass is 10.3. The molecule has 1 aromatic carbocycles. The number of aromatic amines is 1. The van der Waals surface area contributed by atoms with Gasteiger partial charge in [0.1, 0.15) is 11.5 Å². The average molecular weight is 339 g/mol. The lowest BCUT2D eigenvalue weighted by molar-refractivity contribution is 0.906. The summed E-state index contributed by atoms with van der Waals surface area (Å²) in [5.41, 5.74) is 3.07. The van der Waals surface area contributed by atoms with E-state index in [1.165, 1.54) is 17.7 Å². The third-order valence-electron chi connectivity index (χ3n) is 4.36. The van der Waals surface area contributed by atoms with Crippen molar-refractivity contribution in [2.75, 3.05) is 29.6 Å². The van der Waals surface area contributed by atoms with Gasteiger partial charge in [-0.3, -0.25) is 0 Å². The Kier molecular flexibility index (Phi) is 4.06. The van der Waals surface area contributed by atoms with Crippen molar-refractivity contribution in [2.24, 2.45) is 0 Å². The fourth-order valence-electron chi connectivity index (χ4n) is 3.16. The molecule has 0 bridgehead atoms. The molecule has 1 saturated heterocycles. The summed E-state index contributed by atoms with van der Waals surface area (Å²) < 4.78 is 0. The average Bonchev–Trinajstić information content (AvgIpc) is 3.24. The highest BCUT2D eigenvalue weighted by Crippen LogP contribution is 2.32. The van der Waals surface area contributed by atoms with Gasteiger partial charge in [-0.25, -0.2) is 0 Å². The van der Waals surface area contributed by atoms with E-state index in [1.54, 1.807) is 11.8 Å². The van der Waals surface area contributed by atoms with E-state index in [4.69, 9.17) is 9.97 Å². The Hall–Kier alpha value is -2.21. The highest BCUT2D eigenvalue weighted by atomic mass is 32.2. The van der Waals surface area contributed by atoms with E-state index < -0.39 is 0 Å². The summed E-state index contributed by atoms with van der Waals surface area (Å²) in [6, 6.07) is 10.4. The van der Waals surface area contributed by atoms with Gasteiger partial charge in [-0.2, -0.15) is 9.97 Å². The van der Waals surface area contributed by atoms with E-state index in [1.807, 2.05) is 6.07 Å². The minimum Gasteiger partial charge on any atom is -0.343 e. The summed E-state index contributed by atoms with van der Waals surface area (Å²) in [4.78, 5) is 16.4. The van der Waals surface area contributed by atoms with Gasteiger partial charge in [0.2, 0.25) is 5.95 Å². The number of aromatic nitrogens is 3. The highest BCUT2D eigenvalue weighted by molar-refractivity contribution is 7.98. The minimum absolute atomic E-state index is 0.811. The van der Waals surface area contributed by atoms with Crippen LogP contribution in [0.1, 0.15) is 18.5 Å². The smallest absolute Gasteiger partial charge is 0.229 e. The van der Waals surface area contributed by atoms with E-state index in [0.29, 0.717) is 0 Å². The number of para-hydroxylation sites is 1. The standard InChI is InChI=1S/C18H21N5S/c1-12-11-13-16(19-12)21-18(23-9-5-6-10-23)22-17(13)20-14-7-3-4-8-15(14)24-2/h3-4,7-8,11H,5-6,9-10H2,1-2H3,(H2,19,20,21,22). The molecule has 0 aliphatic carbocycles. The maximum atomic E-state index is 4.84. The number of nitrogens with zero attached hydrogens (tertiary/aromatic N) is 3. The molecule has 1 fully saturated rings. The molecule has 6 heteroatoms. The van der Waals surface area contributed by atoms with Crippen molar-refractivity contribution in [1.82, 2.24) is 15.0 Å². The molecule has 0 saturated carbocycles. The SMILES string of the molecule is CSc1ccccc1Nc1nc(N2CCCC2)nc2[nH]c(C)cc12. The first-order valence-corrected chi connectivity index (χ1v) is 9.49. The Morgan fingerprint density at radius 1 is 1.17 bits per heavy atom. The second kappa shape index (κ2) is 6.36. The number of anilines is 3. The molecular weight excluding hydrogens is 318 g/mol. The third-order valence-corrected chi connectivity index (χ3v) is 5.16. The topological polar surface area (TPSA) is 56.8 Å². The Balaban J connectivity index is 1.80. The number of hydrogen-bond acceptors (Lipinski definition) is 5. The van der Waals surface area contributed by atoms with E-state index in [9.17, 15) is 0 Å². The van der Waals surface area contributed by atoms with E-state index in [0.717, 1.165) is 47.3 Å². The summed E-state index contributed by atoms with van der Waals surface area (Å²) in [6.07, 6.45) is 4.51. The van der Waals surface area contributed by atoms with E-state index in [-0.39, 0.29) is 0 Å². The van der Waals surface area contributed by atoms with Gasteiger partial charge in [0.05, 0.1) is 11.1 Å². The Morgan fingerprint density at radius 2 is 1.96 bits per heavy atom. The van der Waals surface area contributed by atoms with Crippen LogP contribution in [0.4, 0.5) is 17.5 Å². The first kappa shape index (κ1) is 15.3. The lowest BCUT2D eigenvalue weighted by Crippen LogP contribution is -2.20. The largest absolute Gasteiger partial charge is 0.343 e. The van der Waals surface area contributed by atoms with Crippen LogP contribution >= 0.6 is 11.8 Å². The Bertz CT molecular complexity index is 867. The van der Waals surface area contributed by atoms with Crippen molar-refractivity contribution in [1.29, 1.82) is 0 Å². The van der Waals surface area contributed by atoms with Gasteiger partial charge in [-0.05, 0) is 44.2 Å². The van der Waals surface area contributed by atoms with Crippen molar-refractivity contribution in [2.45, 2.75) is 24.7 Å². The third kappa shape index (κ3) is 2.82. The van der Waals surface area contributed by atoms with Crippen LogP contribution in [-0.4, -0.2) is 34.3 Å². The summed E-state index contributed by atoms with van der Waals surface area (Å²) in [5.74, 6) is 1.68. The number of aryl methyl sites for hydroxylation is 1. The number of thioether (sulfide) groups is 1. The number of nitrogens with one attached hydrogen (secondary N) is 2. The van der Waals surface area contributed by atoms with Crippen molar-refractivity contribution in [3.63, 3.8) is 0 Å². The Labute approximate surface area is 145 Å². The molecule has 3 aromatic rings. The van der Waals surface area contributed by atoms with Gasteiger partial charge in [0, 0.05) is 23.7 Å². The predicted octanol–water partition coefficient (Wildman–Crippen LogP) is 4.33. The summed E-state index contributed by atoms with van der Waals surface area (Å²) in [6.45, 7) is 4.12. The van der Waals surface area contributed by atoms with Gasteiger partial charge < -0.3 is 15.2 Å². The number of fused-ring (bicyclic) bond motifs is 1. The monoisotopic (exact) mass is 339 g/mol. The zero-order chi connectivity index (χ0) is 16.5. The van der Waals surface area contributed by atoms with Crippen LogP contribution in [0.2, 0.25) is 0 Å². The van der Waals surface area contributed by atoms with Gasteiger partial charge in [-0.15, -0.1) is 11.8 Å². The molecule has 24 heavy (non-hydrogen) atoms. The number of benzene rings is 1. The van der Waals surface area contributed by atoms with Gasteiger partial charge in [0.15, 0.2) is 0 Å². The fourth-order valence-corrected chi connectivity index (χ4v) is 3.71. The van der Waals surface area contributed by atoms with Crippen molar-refractivity contribution in [3.8, 4) is 0 Å². The van der Waals surface area contributed by atoms with E-state index in [2.05, 4.69) is 52.6 Å². The molecule has 2 N–H and O–H groups in total. The first-order valence-electron chi connectivity index (χ1n) is 8.27. The number of rotatable bonds is 4. The molecule has 0 amide bonds. The Morgan fingerprint density at radius 3 is 2.75 bits per heavy atom. The van der Waals surface area contributed by atoms with Crippen molar-refractivity contribution in [3.05, 3.63) is 36.0 Å². The second-order valence-corrected chi connectivity index (χ2v) is 6.95. The van der Waals surface area contributed by atoms with Crippen LogP contribution in [0.15, 0.2) is 35.2 Å². The predicted molar refractivity (Wildman–Crippen MR) is 102 cm³/mol. The molecule has 124 valence electrons. The van der Waals surface area contributed by atoms with Crippen molar-refractivity contribution >= 4 is 40.2 Å². The zero-order valence-corrected chi connectivity index (χ0v) is 14.8. The summed E-state index contributed by atoms with van der Waals surface area (Å²) in [7, 11) is 0. The van der Waals surface area contributed by atoms with Crippen molar-refractivity contribution < 1.29 is 0 Å². The van der Waals surface area contributed by atoms with E-state index >= 15 is 0 Å². The normalized spacial score (nSPS) is 14.5. The quantitative estimate of drug-likeness (QED) is 0.693. The summed E-state index contributed by atoms with van der Waals surface area (Å²) >= 11 is 1.73. The lowest BCUT2D eigenvalue weighted by Gasteiger charge is -2.17. The molecule has 1 aliphatic heterocycles. The zero-order valence-electron chi connectivity index (χ0n) is 14.0. The van der Waals surface area contributed by atoms with Gasteiger partial charge in [0.25, 0.3) is 0 Å². The fraction of sp³-hybridized carbons (Fsp3) is 0.333. The maximum absolute atomic E-state index is 4.84. The van der Waals surface area contributed by atoms with Gasteiger partial charge in [-0.1, -0.05) is 12.1 Å². The van der Waals surface area contributed by atoms with Crippen LogP contribution in [0, 0.1) is 6.92 Å². The van der Waals surface area contributed by atoms with Gasteiger partial charge >= 0.3 is 0 Å². The molecule has 0 radical (unpaired) electrons. The summed E-state index contributed by atoms with van der Waals surface area (Å²) in [5, 5.41) is 4.56. The number of H-pyrrole nitrogens is 1. The van der Waals surface area contributed by atoms with Crippen LogP contribution in [0.25, 0.3) is 11.0 Å². The van der Waals surface area contributed by atoms with Crippen LogP contribution < -0.4 is 10.2 Å². The molecule has 4 rings (SSSR count). The highest BCUT2D eigenvalue weighted by Gasteiger charge is 2.18. The molecule has 0 atom stereocenters.